The van der Waals surface area contributed by atoms with E-state index < -0.39 is 5.60 Å². The van der Waals surface area contributed by atoms with Crippen molar-refractivity contribution >= 4 is 0 Å². The Hall–Kier alpha value is -1.06. The van der Waals surface area contributed by atoms with Crippen LogP contribution in [-0.4, -0.2) is 40.9 Å². The minimum absolute atomic E-state index is 0.272. The summed E-state index contributed by atoms with van der Waals surface area (Å²) in [5, 5.41) is 19.8. The van der Waals surface area contributed by atoms with Crippen LogP contribution >= 0.6 is 0 Å². The Morgan fingerprint density at radius 3 is 2.62 bits per heavy atom. The van der Waals surface area contributed by atoms with Crippen LogP contribution in [0.25, 0.3) is 0 Å². The number of rotatable bonds is 2. The van der Waals surface area contributed by atoms with Crippen LogP contribution in [-0.2, 0) is 6.42 Å². The molecule has 3 nitrogen and oxygen atoms in total. The molecule has 0 bridgehead atoms. The molecule has 2 N–H and O–H groups in total. The standard InChI is InChI=1S/C13H19NO2/c1-14-7-5-13(16,6-8-14)10-11-3-2-4-12(15)9-11/h2-4,9,15-16H,5-8,10H2,1H3. The lowest BCUT2D eigenvalue weighted by molar-refractivity contribution is -0.0150. The lowest BCUT2D eigenvalue weighted by Gasteiger charge is -2.36. The van der Waals surface area contributed by atoms with Gasteiger partial charge in [-0.2, -0.15) is 0 Å². The third-order valence-electron chi connectivity index (χ3n) is 3.36. The van der Waals surface area contributed by atoms with Gasteiger partial charge in [-0.15, -0.1) is 0 Å². The number of hydrogen-bond acceptors (Lipinski definition) is 3. The summed E-state index contributed by atoms with van der Waals surface area (Å²) < 4.78 is 0. The molecule has 0 amide bonds. The minimum Gasteiger partial charge on any atom is -0.508 e. The third-order valence-corrected chi connectivity index (χ3v) is 3.36. The van der Waals surface area contributed by atoms with Crippen molar-refractivity contribution in [1.29, 1.82) is 0 Å². The molecule has 88 valence electrons. The Bertz CT molecular complexity index is 357. The number of aliphatic hydroxyl groups is 1. The van der Waals surface area contributed by atoms with Gasteiger partial charge in [0.2, 0.25) is 0 Å². The van der Waals surface area contributed by atoms with Gasteiger partial charge in [0.05, 0.1) is 5.60 Å². The van der Waals surface area contributed by atoms with Crippen LogP contribution in [0.3, 0.4) is 0 Å². The Morgan fingerprint density at radius 2 is 2.00 bits per heavy atom. The summed E-state index contributed by atoms with van der Waals surface area (Å²) in [5.41, 5.74) is 0.410. The molecule has 3 heteroatoms. The fraction of sp³-hybridized carbons (Fsp3) is 0.538. The van der Waals surface area contributed by atoms with E-state index in [9.17, 15) is 10.2 Å². The van der Waals surface area contributed by atoms with Crippen molar-refractivity contribution in [3.05, 3.63) is 29.8 Å². The van der Waals surface area contributed by atoms with Gasteiger partial charge in [-0.3, -0.25) is 0 Å². The molecule has 0 radical (unpaired) electrons. The Balaban J connectivity index is 2.03. The minimum atomic E-state index is -0.597. The zero-order valence-electron chi connectivity index (χ0n) is 9.69. The molecule has 0 unspecified atom stereocenters. The molecule has 0 aliphatic carbocycles. The van der Waals surface area contributed by atoms with Gasteiger partial charge in [0.25, 0.3) is 0 Å². The number of likely N-dealkylation sites (tertiary alicyclic amines) is 1. The van der Waals surface area contributed by atoms with E-state index in [-0.39, 0.29) is 5.75 Å². The maximum Gasteiger partial charge on any atom is 0.115 e. The van der Waals surface area contributed by atoms with E-state index in [1.807, 2.05) is 12.1 Å². The van der Waals surface area contributed by atoms with Crippen molar-refractivity contribution in [2.75, 3.05) is 20.1 Å². The molecule has 0 aromatic heterocycles. The molecule has 1 fully saturated rings. The first-order valence-corrected chi connectivity index (χ1v) is 5.76. The van der Waals surface area contributed by atoms with Crippen molar-refractivity contribution in [1.82, 2.24) is 4.90 Å². The summed E-state index contributed by atoms with van der Waals surface area (Å²) in [7, 11) is 2.08. The highest BCUT2D eigenvalue weighted by molar-refractivity contribution is 5.28. The summed E-state index contributed by atoms with van der Waals surface area (Å²) in [6.45, 7) is 1.88. The molecule has 1 aliphatic heterocycles. The molecule has 1 heterocycles. The maximum atomic E-state index is 10.4. The predicted molar refractivity (Wildman–Crippen MR) is 63.5 cm³/mol. The quantitative estimate of drug-likeness (QED) is 0.793. The molecule has 0 atom stereocenters. The number of piperidine rings is 1. The van der Waals surface area contributed by atoms with Crippen LogP contribution in [0.1, 0.15) is 18.4 Å². The van der Waals surface area contributed by atoms with E-state index in [2.05, 4.69) is 11.9 Å². The van der Waals surface area contributed by atoms with Crippen LogP contribution in [0, 0.1) is 0 Å². The van der Waals surface area contributed by atoms with Gasteiger partial charge in [0.1, 0.15) is 5.75 Å². The molecule has 1 saturated heterocycles. The molecule has 0 spiro atoms. The highest BCUT2D eigenvalue weighted by Gasteiger charge is 2.31. The van der Waals surface area contributed by atoms with Gasteiger partial charge in [-0.25, -0.2) is 0 Å². The first kappa shape index (κ1) is 11.4. The number of nitrogens with zero attached hydrogens (tertiary/aromatic N) is 1. The number of benzene rings is 1. The Labute approximate surface area is 96.3 Å². The second kappa shape index (κ2) is 4.44. The molecule has 2 rings (SSSR count). The molecule has 1 aromatic rings. The summed E-state index contributed by atoms with van der Waals surface area (Å²) in [6, 6.07) is 7.16. The van der Waals surface area contributed by atoms with E-state index >= 15 is 0 Å². The van der Waals surface area contributed by atoms with Crippen molar-refractivity contribution in [3.8, 4) is 5.75 Å². The average molecular weight is 221 g/mol. The molecular formula is C13H19NO2. The van der Waals surface area contributed by atoms with E-state index in [4.69, 9.17) is 0 Å². The smallest absolute Gasteiger partial charge is 0.115 e. The second-order valence-electron chi connectivity index (χ2n) is 4.87. The first-order chi connectivity index (χ1) is 7.57. The van der Waals surface area contributed by atoms with Gasteiger partial charge < -0.3 is 15.1 Å². The zero-order chi connectivity index (χ0) is 11.6. The van der Waals surface area contributed by atoms with Crippen LogP contribution < -0.4 is 0 Å². The molecule has 1 aliphatic rings. The lowest BCUT2D eigenvalue weighted by Crippen LogP contribution is -2.44. The lowest BCUT2D eigenvalue weighted by atomic mass is 9.85. The van der Waals surface area contributed by atoms with Gasteiger partial charge in [-0.05, 0) is 37.6 Å². The van der Waals surface area contributed by atoms with Gasteiger partial charge in [0.15, 0.2) is 0 Å². The largest absolute Gasteiger partial charge is 0.508 e. The highest BCUT2D eigenvalue weighted by Crippen LogP contribution is 2.26. The van der Waals surface area contributed by atoms with Crippen molar-refractivity contribution in [2.45, 2.75) is 24.9 Å². The van der Waals surface area contributed by atoms with Crippen LogP contribution in [0.2, 0.25) is 0 Å². The zero-order valence-corrected chi connectivity index (χ0v) is 9.69. The van der Waals surface area contributed by atoms with E-state index in [0.29, 0.717) is 6.42 Å². The van der Waals surface area contributed by atoms with Crippen molar-refractivity contribution < 1.29 is 10.2 Å². The molecule has 0 saturated carbocycles. The Morgan fingerprint density at radius 1 is 1.31 bits per heavy atom. The first-order valence-electron chi connectivity index (χ1n) is 5.76. The highest BCUT2D eigenvalue weighted by atomic mass is 16.3. The van der Waals surface area contributed by atoms with Gasteiger partial charge in [0, 0.05) is 19.5 Å². The maximum absolute atomic E-state index is 10.4. The number of hydrogen-bond donors (Lipinski definition) is 2. The summed E-state index contributed by atoms with van der Waals surface area (Å²) >= 11 is 0. The topological polar surface area (TPSA) is 43.7 Å². The fourth-order valence-corrected chi connectivity index (χ4v) is 2.26. The van der Waals surface area contributed by atoms with Crippen LogP contribution in [0.4, 0.5) is 0 Å². The van der Waals surface area contributed by atoms with Gasteiger partial charge in [-0.1, -0.05) is 12.1 Å². The monoisotopic (exact) mass is 221 g/mol. The summed E-state index contributed by atoms with van der Waals surface area (Å²) in [6.07, 6.45) is 2.24. The van der Waals surface area contributed by atoms with Crippen LogP contribution in [0.5, 0.6) is 5.75 Å². The predicted octanol–water partition coefficient (Wildman–Crippen LogP) is 1.39. The normalized spacial score (nSPS) is 20.9. The number of phenolic OH excluding ortho intramolecular Hbond substituents is 1. The molecule has 1 aromatic carbocycles. The van der Waals surface area contributed by atoms with Crippen molar-refractivity contribution in [3.63, 3.8) is 0 Å². The fourth-order valence-electron chi connectivity index (χ4n) is 2.26. The number of phenols is 1. The summed E-state index contributed by atoms with van der Waals surface area (Å²) in [5.74, 6) is 0.272. The second-order valence-corrected chi connectivity index (χ2v) is 4.87. The number of aromatic hydroxyl groups is 1. The van der Waals surface area contributed by atoms with Crippen molar-refractivity contribution in [2.24, 2.45) is 0 Å². The SMILES string of the molecule is CN1CCC(O)(Cc2cccc(O)c2)CC1. The molecule has 16 heavy (non-hydrogen) atoms. The van der Waals surface area contributed by atoms with E-state index in [1.165, 1.54) is 0 Å². The Kier molecular flexibility index (Phi) is 3.17. The summed E-state index contributed by atoms with van der Waals surface area (Å²) in [4.78, 5) is 2.23. The average Bonchev–Trinajstić information content (AvgIpc) is 2.23. The van der Waals surface area contributed by atoms with Crippen LogP contribution in [0.15, 0.2) is 24.3 Å². The third kappa shape index (κ3) is 2.74. The van der Waals surface area contributed by atoms with E-state index in [1.54, 1.807) is 12.1 Å². The van der Waals surface area contributed by atoms with Gasteiger partial charge >= 0.3 is 0 Å². The molecular weight excluding hydrogens is 202 g/mol. The van der Waals surface area contributed by atoms with E-state index in [0.717, 1.165) is 31.5 Å².